The fourth-order valence-corrected chi connectivity index (χ4v) is 4.11. The fraction of sp³-hybridized carbons (Fsp3) is 0.333. The predicted molar refractivity (Wildman–Crippen MR) is 111 cm³/mol. The maximum absolute atomic E-state index is 12.2. The Balaban J connectivity index is 1.54. The predicted octanol–water partition coefficient (Wildman–Crippen LogP) is 3.67. The first-order valence-electron chi connectivity index (χ1n) is 9.23. The Labute approximate surface area is 164 Å². The Kier molecular flexibility index (Phi) is 6.79. The third-order valence-electron chi connectivity index (χ3n) is 4.58. The van der Waals surface area contributed by atoms with Gasteiger partial charge in [0.05, 0.1) is 6.04 Å². The van der Waals surface area contributed by atoms with Crippen molar-refractivity contribution in [1.29, 1.82) is 0 Å². The zero-order valence-electron chi connectivity index (χ0n) is 15.5. The molecule has 142 valence electrons. The minimum atomic E-state index is -0.101. The number of nitrogens with zero attached hydrogens (tertiary/aromatic N) is 1. The van der Waals surface area contributed by atoms with E-state index in [0.29, 0.717) is 6.54 Å². The molecule has 0 radical (unpaired) electrons. The van der Waals surface area contributed by atoms with Gasteiger partial charge in [0.2, 0.25) is 11.8 Å². The van der Waals surface area contributed by atoms with Gasteiger partial charge in [0.25, 0.3) is 0 Å². The Hall–Kier alpha value is -2.44. The quantitative estimate of drug-likeness (QED) is 0.717. The largest absolute Gasteiger partial charge is 0.351 e. The van der Waals surface area contributed by atoms with E-state index in [-0.39, 0.29) is 17.9 Å². The van der Waals surface area contributed by atoms with Gasteiger partial charge >= 0.3 is 0 Å². The minimum Gasteiger partial charge on any atom is -0.351 e. The summed E-state index contributed by atoms with van der Waals surface area (Å²) in [5, 5.41) is 7.85. The highest BCUT2D eigenvalue weighted by atomic mass is 32.1. The van der Waals surface area contributed by atoms with E-state index in [1.165, 1.54) is 24.6 Å². The number of carbonyl (C=O) groups excluding carboxylic acids is 2. The summed E-state index contributed by atoms with van der Waals surface area (Å²) >= 11 is 1.74. The Bertz CT molecular complexity index is 778. The smallest absolute Gasteiger partial charge is 0.244 e. The summed E-state index contributed by atoms with van der Waals surface area (Å²) in [5.74, 6) is -0.197. The lowest BCUT2D eigenvalue weighted by atomic mass is 10.2. The van der Waals surface area contributed by atoms with Crippen LogP contribution in [0.3, 0.4) is 0 Å². The van der Waals surface area contributed by atoms with Crippen LogP contribution in [0, 0.1) is 0 Å². The summed E-state index contributed by atoms with van der Waals surface area (Å²) in [5.41, 5.74) is 1.65. The average Bonchev–Trinajstić information content (AvgIpc) is 3.35. The van der Waals surface area contributed by atoms with Gasteiger partial charge in [-0.25, -0.2) is 0 Å². The molecule has 0 saturated carbocycles. The van der Waals surface area contributed by atoms with Gasteiger partial charge in [-0.05, 0) is 61.1 Å². The molecule has 2 aromatic rings. The van der Waals surface area contributed by atoms with Crippen molar-refractivity contribution in [3.05, 3.63) is 58.3 Å². The van der Waals surface area contributed by atoms with Crippen molar-refractivity contribution in [3.8, 4) is 0 Å². The van der Waals surface area contributed by atoms with Crippen molar-refractivity contribution in [2.45, 2.75) is 25.8 Å². The van der Waals surface area contributed by atoms with Gasteiger partial charge in [-0.3, -0.25) is 14.5 Å². The highest BCUT2D eigenvalue weighted by molar-refractivity contribution is 7.10. The number of benzene rings is 1. The molecule has 27 heavy (non-hydrogen) atoms. The Morgan fingerprint density at radius 1 is 1.19 bits per heavy atom. The second-order valence-electron chi connectivity index (χ2n) is 6.66. The van der Waals surface area contributed by atoms with Gasteiger partial charge < -0.3 is 10.6 Å². The molecule has 1 unspecified atom stereocenters. The van der Waals surface area contributed by atoms with Crippen molar-refractivity contribution < 1.29 is 9.59 Å². The molecule has 1 aromatic carbocycles. The van der Waals surface area contributed by atoms with Crippen molar-refractivity contribution in [2.24, 2.45) is 0 Å². The Morgan fingerprint density at radius 3 is 2.56 bits per heavy atom. The molecule has 6 heteroatoms. The Morgan fingerprint density at radius 2 is 1.93 bits per heavy atom. The SMILES string of the molecule is CC(=O)Nc1ccc(/C=C/C(=O)NCC(c2cccs2)N2CCCC2)cc1. The molecule has 1 aliphatic heterocycles. The van der Waals surface area contributed by atoms with Gasteiger partial charge in [-0.2, -0.15) is 0 Å². The molecule has 0 spiro atoms. The van der Waals surface area contributed by atoms with Gasteiger partial charge in [0.1, 0.15) is 0 Å². The number of thiophene rings is 1. The standard InChI is InChI=1S/C21H25N3O2S/c1-16(25)23-18-9-6-17(7-10-18)8-11-21(26)22-15-19(20-5-4-14-27-20)24-12-2-3-13-24/h4-11,14,19H,2-3,12-13,15H2,1H3,(H,22,26)(H,23,25)/b11-8+. The van der Waals surface area contributed by atoms with E-state index in [1.54, 1.807) is 23.5 Å². The molecule has 1 fully saturated rings. The summed E-state index contributed by atoms with van der Waals surface area (Å²) in [7, 11) is 0. The van der Waals surface area contributed by atoms with Gasteiger partial charge in [-0.1, -0.05) is 18.2 Å². The number of carbonyl (C=O) groups is 2. The summed E-state index contributed by atoms with van der Waals surface area (Å²) < 4.78 is 0. The number of amides is 2. The fourth-order valence-electron chi connectivity index (χ4n) is 3.25. The van der Waals surface area contributed by atoms with Crippen LogP contribution in [0.1, 0.15) is 36.2 Å². The third-order valence-corrected chi connectivity index (χ3v) is 5.55. The van der Waals surface area contributed by atoms with E-state index in [0.717, 1.165) is 24.3 Å². The highest BCUT2D eigenvalue weighted by Gasteiger charge is 2.24. The molecule has 0 bridgehead atoms. The second kappa shape index (κ2) is 9.48. The van der Waals surface area contributed by atoms with Crippen LogP contribution in [0.2, 0.25) is 0 Å². The molecule has 0 aliphatic carbocycles. The number of hydrogen-bond donors (Lipinski definition) is 2. The maximum Gasteiger partial charge on any atom is 0.244 e. The van der Waals surface area contributed by atoms with Crippen LogP contribution >= 0.6 is 11.3 Å². The van der Waals surface area contributed by atoms with E-state index >= 15 is 0 Å². The highest BCUT2D eigenvalue weighted by Crippen LogP contribution is 2.27. The average molecular weight is 384 g/mol. The number of hydrogen-bond acceptors (Lipinski definition) is 4. The van der Waals surface area contributed by atoms with Gasteiger partial charge in [0.15, 0.2) is 0 Å². The van der Waals surface area contributed by atoms with E-state index in [9.17, 15) is 9.59 Å². The molecule has 1 aliphatic rings. The van der Waals surface area contributed by atoms with Crippen LogP contribution in [0.5, 0.6) is 0 Å². The van der Waals surface area contributed by atoms with Gasteiger partial charge in [-0.15, -0.1) is 11.3 Å². The summed E-state index contributed by atoms with van der Waals surface area (Å²) in [6.45, 7) is 4.28. The molecule has 2 heterocycles. The van der Waals surface area contributed by atoms with Crippen LogP contribution in [-0.2, 0) is 9.59 Å². The van der Waals surface area contributed by atoms with Crippen molar-refractivity contribution in [2.75, 3.05) is 25.0 Å². The molecular formula is C21H25N3O2S. The molecule has 3 rings (SSSR count). The normalized spacial score (nSPS) is 15.7. The first-order valence-corrected chi connectivity index (χ1v) is 10.1. The third kappa shape index (κ3) is 5.77. The lowest BCUT2D eigenvalue weighted by molar-refractivity contribution is -0.116. The second-order valence-corrected chi connectivity index (χ2v) is 7.64. The van der Waals surface area contributed by atoms with Crippen LogP contribution < -0.4 is 10.6 Å². The summed E-state index contributed by atoms with van der Waals surface area (Å²) in [6, 6.07) is 11.8. The van der Waals surface area contributed by atoms with E-state index in [2.05, 4.69) is 33.0 Å². The summed E-state index contributed by atoms with van der Waals surface area (Å²) in [6.07, 6.45) is 5.79. The number of nitrogens with one attached hydrogen (secondary N) is 2. The van der Waals surface area contributed by atoms with Crippen molar-refractivity contribution in [1.82, 2.24) is 10.2 Å². The van der Waals surface area contributed by atoms with Gasteiger partial charge in [0, 0.05) is 30.1 Å². The van der Waals surface area contributed by atoms with Crippen molar-refractivity contribution in [3.63, 3.8) is 0 Å². The number of anilines is 1. The van der Waals surface area contributed by atoms with Crippen LogP contribution in [-0.4, -0.2) is 36.3 Å². The van der Waals surface area contributed by atoms with E-state index in [4.69, 9.17) is 0 Å². The topological polar surface area (TPSA) is 61.4 Å². The number of rotatable bonds is 7. The first kappa shape index (κ1) is 19.3. The molecule has 5 nitrogen and oxygen atoms in total. The molecule has 1 aromatic heterocycles. The lowest BCUT2D eigenvalue weighted by Gasteiger charge is -2.26. The molecule has 2 amide bonds. The molecule has 2 N–H and O–H groups in total. The van der Waals surface area contributed by atoms with Crippen LogP contribution in [0.4, 0.5) is 5.69 Å². The zero-order valence-corrected chi connectivity index (χ0v) is 16.3. The van der Waals surface area contributed by atoms with Crippen molar-refractivity contribution >= 4 is 34.9 Å². The summed E-state index contributed by atoms with van der Waals surface area (Å²) in [4.78, 5) is 27.0. The monoisotopic (exact) mass is 383 g/mol. The van der Waals surface area contributed by atoms with E-state index in [1.807, 2.05) is 24.3 Å². The molecule has 1 saturated heterocycles. The zero-order chi connectivity index (χ0) is 19.1. The van der Waals surface area contributed by atoms with Crippen LogP contribution in [0.25, 0.3) is 6.08 Å². The lowest BCUT2D eigenvalue weighted by Crippen LogP contribution is -2.35. The molecular weight excluding hydrogens is 358 g/mol. The van der Waals surface area contributed by atoms with Crippen LogP contribution in [0.15, 0.2) is 47.9 Å². The molecule has 1 atom stereocenters. The first-order chi connectivity index (χ1) is 13.1. The maximum atomic E-state index is 12.2. The minimum absolute atomic E-state index is 0.0957. The number of likely N-dealkylation sites (tertiary alicyclic amines) is 1. The van der Waals surface area contributed by atoms with E-state index < -0.39 is 0 Å².